The summed E-state index contributed by atoms with van der Waals surface area (Å²) in [6, 6.07) is 4.73. The van der Waals surface area contributed by atoms with Crippen LogP contribution in [0.5, 0.6) is 0 Å². The normalized spacial score (nSPS) is 9.25. The first-order valence-corrected chi connectivity index (χ1v) is 3.37. The Hall–Kier alpha value is -0.705. The number of benzene rings is 1. The fourth-order valence-electron chi connectivity index (χ4n) is 0.926. The monoisotopic (exact) mass is 159 g/mol. The summed E-state index contributed by atoms with van der Waals surface area (Å²) in [6.07, 6.45) is 0. The minimum Gasteiger partial charge on any atom is -0.450 e. The van der Waals surface area contributed by atoms with Crippen LogP contribution >= 0.6 is 0 Å². The van der Waals surface area contributed by atoms with E-state index in [9.17, 15) is 0 Å². The van der Waals surface area contributed by atoms with E-state index in [0.29, 0.717) is 16.4 Å². The standard InChI is InChI=1S/C6H6B3O3/c10-7-4-1-5(8-11)3-6(2-4)9-12/h1-3,10-12H. The number of hydrogen-bond donors (Lipinski definition) is 3. The van der Waals surface area contributed by atoms with Crippen LogP contribution in [0.15, 0.2) is 18.2 Å². The lowest BCUT2D eigenvalue weighted by atomic mass is 9.74. The smallest absolute Gasteiger partial charge is 0.326 e. The molecule has 6 heteroatoms. The molecule has 0 spiro atoms. The van der Waals surface area contributed by atoms with Crippen LogP contribution in [0.1, 0.15) is 0 Å². The SMILES string of the molecule is O[B]c1cc([B]O)cc([B]O)c1. The van der Waals surface area contributed by atoms with Crippen LogP contribution in [0.3, 0.4) is 0 Å². The van der Waals surface area contributed by atoms with Crippen LogP contribution in [0.4, 0.5) is 0 Å². The lowest BCUT2D eigenvalue weighted by Gasteiger charge is -2.01. The Morgan fingerprint density at radius 3 is 1.08 bits per heavy atom. The van der Waals surface area contributed by atoms with E-state index in [4.69, 9.17) is 15.1 Å². The Kier molecular flexibility index (Phi) is 3.40. The zero-order valence-corrected chi connectivity index (χ0v) is 6.31. The zero-order chi connectivity index (χ0) is 8.97. The van der Waals surface area contributed by atoms with Crippen LogP contribution in [0.2, 0.25) is 0 Å². The van der Waals surface area contributed by atoms with Gasteiger partial charge in [-0.25, -0.2) is 0 Å². The molecule has 0 unspecified atom stereocenters. The van der Waals surface area contributed by atoms with Crippen LogP contribution < -0.4 is 16.4 Å². The van der Waals surface area contributed by atoms with Crippen LogP contribution in [0.25, 0.3) is 0 Å². The molecule has 0 aliphatic carbocycles. The maximum absolute atomic E-state index is 8.66. The van der Waals surface area contributed by atoms with Gasteiger partial charge in [0.2, 0.25) is 0 Å². The first-order valence-electron chi connectivity index (χ1n) is 3.37. The molecule has 1 aromatic rings. The highest BCUT2D eigenvalue weighted by Crippen LogP contribution is 1.75. The molecule has 0 aliphatic heterocycles. The molecule has 3 nitrogen and oxygen atoms in total. The molecule has 0 saturated carbocycles. The van der Waals surface area contributed by atoms with E-state index < -0.39 is 0 Å². The van der Waals surface area contributed by atoms with E-state index in [0.717, 1.165) is 22.4 Å². The lowest BCUT2D eigenvalue weighted by molar-refractivity contribution is 0.614. The molecule has 0 heterocycles. The van der Waals surface area contributed by atoms with Gasteiger partial charge in [0, 0.05) is 0 Å². The molecule has 0 aliphatic rings. The van der Waals surface area contributed by atoms with E-state index in [1.807, 2.05) is 0 Å². The van der Waals surface area contributed by atoms with Gasteiger partial charge in [-0.15, -0.1) is 0 Å². The Labute approximate surface area is 72.9 Å². The van der Waals surface area contributed by atoms with Gasteiger partial charge in [-0.1, -0.05) is 34.6 Å². The van der Waals surface area contributed by atoms with Crippen LogP contribution in [0, 0.1) is 0 Å². The van der Waals surface area contributed by atoms with Crippen molar-refractivity contribution in [1.82, 2.24) is 0 Å². The van der Waals surface area contributed by atoms with Crippen molar-refractivity contribution in [2.24, 2.45) is 0 Å². The summed E-state index contributed by atoms with van der Waals surface area (Å²) in [5.74, 6) is 0. The summed E-state index contributed by atoms with van der Waals surface area (Å²) in [5.41, 5.74) is 1.58. The van der Waals surface area contributed by atoms with Crippen molar-refractivity contribution in [3.63, 3.8) is 0 Å². The minimum atomic E-state index is 0.526. The highest BCUT2D eigenvalue weighted by molar-refractivity contribution is 6.54. The van der Waals surface area contributed by atoms with Gasteiger partial charge in [0.25, 0.3) is 0 Å². The highest BCUT2D eigenvalue weighted by atomic mass is 16.2. The first-order chi connectivity index (χ1) is 5.80. The predicted octanol–water partition coefficient (Wildman–Crippen LogP) is -3.60. The highest BCUT2D eigenvalue weighted by Gasteiger charge is 2.02. The molecule has 0 amide bonds. The molecule has 0 saturated heterocycles. The molecule has 0 fully saturated rings. The summed E-state index contributed by atoms with van der Waals surface area (Å²) in [7, 11) is 2.71. The third-order valence-electron chi connectivity index (χ3n) is 1.45. The van der Waals surface area contributed by atoms with Gasteiger partial charge in [0.05, 0.1) is 0 Å². The fourth-order valence-corrected chi connectivity index (χ4v) is 0.926. The molecule has 57 valence electrons. The Morgan fingerprint density at radius 1 is 0.667 bits per heavy atom. The number of hydrogen-bond acceptors (Lipinski definition) is 3. The second-order valence-electron chi connectivity index (χ2n) is 2.32. The molecule has 0 bridgehead atoms. The van der Waals surface area contributed by atoms with E-state index >= 15 is 0 Å². The Balaban J connectivity index is 3.01. The van der Waals surface area contributed by atoms with Crippen molar-refractivity contribution in [3.05, 3.63) is 18.2 Å². The predicted molar refractivity (Wildman–Crippen MR) is 49.3 cm³/mol. The van der Waals surface area contributed by atoms with E-state index in [2.05, 4.69) is 0 Å². The van der Waals surface area contributed by atoms with Crippen LogP contribution in [-0.4, -0.2) is 37.5 Å². The first kappa shape index (κ1) is 9.38. The third kappa shape index (κ3) is 2.14. The van der Waals surface area contributed by atoms with Gasteiger partial charge in [0.15, 0.2) is 0 Å². The number of rotatable bonds is 3. The minimum absolute atomic E-state index is 0.526. The van der Waals surface area contributed by atoms with Crippen molar-refractivity contribution in [1.29, 1.82) is 0 Å². The second-order valence-corrected chi connectivity index (χ2v) is 2.32. The zero-order valence-electron chi connectivity index (χ0n) is 6.31. The molecular formula is C6H6B3O3. The average molecular weight is 159 g/mol. The topological polar surface area (TPSA) is 60.7 Å². The van der Waals surface area contributed by atoms with Crippen molar-refractivity contribution in [2.45, 2.75) is 0 Å². The summed E-state index contributed by atoms with van der Waals surface area (Å²) in [6.45, 7) is 0. The average Bonchev–Trinajstić information content (AvgIpc) is 2.16. The van der Waals surface area contributed by atoms with Crippen LogP contribution in [-0.2, 0) is 0 Å². The van der Waals surface area contributed by atoms with Gasteiger partial charge >= 0.3 is 22.4 Å². The molecule has 1 aromatic carbocycles. The van der Waals surface area contributed by atoms with Gasteiger partial charge in [-0.3, -0.25) is 0 Å². The summed E-state index contributed by atoms with van der Waals surface area (Å²) in [4.78, 5) is 0. The lowest BCUT2D eigenvalue weighted by Crippen LogP contribution is -2.31. The van der Waals surface area contributed by atoms with Gasteiger partial charge in [0.1, 0.15) is 0 Å². The van der Waals surface area contributed by atoms with E-state index in [1.54, 1.807) is 18.2 Å². The van der Waals surface area contributed by atoms with E-state index in [-0.39, 0.29) is 0 Å². The third-order valence-corrected chi connectivity index (χ3v) is 1.45. The summed E-state index contributed by atoms with van der Waals surface area (Å²) >= 11 is 0. The fraction of sp³-hybridized carbons (Fsp3) is 0. The maximum atomic E-state index is 8.66. The van der Waals surface area contributed by atoms with Gasteiger partial charge < -0.3 is 15.1 Å². The van der Waals surface area contributed by atoms with Crippen molar-refractivity contribution in [2.75, 3.05) is 0 Å². The van der Waals surface area contributed by atoms with Gasteiger partial charge in [-0.05, 0) is 0 Å². The Morgan fingerprint density at radius 2 is 0.917 bits per heavy atom. The molecule has 1 rings (SSSR count). The largest absolute Gasteiger partial charge is 0.450 e. The van der Waals surface area contributed by atoms with E-state index in [1.165, 1.54) is 0 Å². The van der Waals surface area contributed by atoms with Crippen molar-refractivity contribution >= 4 is 38.8 Å². The molecule has 12 heavy (non-hydrogen) atoms. The Bertz CT molecular complexity index is 211. The van der Waals surface area contributed by atoms with Crippen molar-refractivity contribution < 1.29 is 15.1 Å². The molecule has 0 atom stereocenters. The molecule has 0 aromatic heterocycles. The maximum Gasteiger partial charge on any atom is 0.326 e. The molecule has 3 N–H and O–H groups in total. The molecular weight excluding hydrogens is 152 g/mol. The van der Waals surface area contributed by atoms with Crippen molar-refractivity contribution in [3.8, 4) is 0 Å². The summed E-state index contributed by atoms with van der Waals surface area (Å²) in [5, 5.41) is 26.0. The van der Waals surface area contributed by atoms with Gasteiger partial charge in [-0.2, -0.15) is 0 Å². The summed E-state index contributed by atoms with van der Waals surface area (Å²) < 4.78 is 0. The quantitative estimate of drug-likeness (QED) is 0.399. The molecule has 3 radical (unpaired) electrons. The second kappa shape index (κ2) is 4.35.